The highest BCUT2D eigenvalue weighted by Gasteiger charge is 2.28. The minimum absolute atomic E-state index is 0.279. The number of aliphatic hydroxyl groups is 1. The van der Waals surface area contributed by atoms with Gasteiger partial charge in [0, 0.05) is 6.54 Å². The highest BCUT2D eigenvalue weighted by Crippen LogP contribution is 2.14. The second-order valence-corrected chi connectivity index (χ2v) is 3.08. The number of rotatable bonds is 1. The standard InChI is InChI=1S/C7H14N2O2/c1-9-3-2-5(10)4-6(9)7(8)11/h5-6,10H,2-4H2,1H3,(H2,8,11). The molecule has 1 heterocycles. The zero-order valence-electron chi connectivity index (χ0n) is 6.66. The van der Waals surface area contributed by atoms with Crippen LogP contribution in [0.2, 0.25) is 0 Å². The van der Waals surface area contributed by atoms with Crippen LogP contribution in [-0.2, 0) is 4.79 Å². The molecular weight excluding hydrogens is 144 g/mol. The lowest BCUT2D eigenvalue weighted by atomic mass is 10.00. The maximum Gasteiger partial charge on any atom is 0.234 e. The van der Waals surface area contributed by atoms with E-state index in [-0.39, 0.29) is 18.1 Å². The minimum atomic E-state index is -0.358. The van der Waals surface area contributed by atoms with Crippen LogP contribution in [0.25, 0.3) is 0 Å². The molecule has 0 bridgehead atoms. The van der Waals surface area contributed by atoms with Crippen LogP contribution in [0, 0.1) is 0 Å². The number of hydrogen-bond donors (Lipinski definition) is 2. The Bertz CT molecular complexity index is 161. The topological polar surface area (TPSA) is 66.6 Å². The molecule has 4 nitrogen and oxygen atoms in total. The molecule has 2 unspecified atom stereocenters. The first-order valence-electron chi connectivity index (χ1n) is 3.79. The van der Waals surface area contributed by atoms with Crippen molar-refractivity contribution in [2.45, 2.75) is 25.0 Å². The number of amides is 1. The van der Waals surface area contributed by atoms with Crippen molar-refractivity contribution in [3.05, 3.63) is 0 Å². The summed E-state index contributed by atoms with van der Waals surface area (Å²) in [5.74, 6) is -0.341. The van der Waals surface area contributed by atoms with Gasteiger partial charge in [0.05, 0.1) is 12.1 Å². The third-order valence-corrected chi connectivity index (χ3v) is 2.17. The Hall–Kier alpha value is -0.610. The van der Waals surface area contributed by atoms with Gasteiger partial charge in [-0.3, -0.25) is 9.69 Å². The maximum atomic E-state index is 10.8. The molecule has 0 aromatic carbocycles. The third kappa shape index (κ3) is 1.91. The molecule has 0 spiro atoms. The van der Waals surface area contributed by atoms with Crippen LogP contribution in [0.4, 0.5) is 0 Å². The fraction of sp³-hybridized carbons (Fsp3) is 0.857. The van der Waals surface area contributed by atoms with Gasteiger partial charge in [-0.25, -0.2) is 0 Å². The predicted molar refractivity (Wildman–Crippen MR) is 40.9 cm³/mol. The lowest BCUT2D eigenvalue weighted by molar-refractivity contribution is -0.125. The van der Waals surface area contributed by atoms with E-state index in [1.165, 1.54) is 0 Å². The lowest BCUT2D eigenvalue weighted by Crippen LogP contribution is -2.49. The Morgan fingerprint density at radius 1 is 1.73 bits per heavy atom. The van der Waals surface area contributed by atoms with Crippen molar-refractivity contribution in [1.82, 2.24) is 4.90 Å². The van der Waals surface area contributed by atoms with Crippen LogP contribution >= 0.6 is 0 Å². The quantitative estimate of drug-likeness (QED) is 0.510. The van der Waals surface area contributed by atoms with Gasteiger partial charge in [-0.05, 0) is 19.9 Å². The Morgan fingerprint density at radius 2 is 2.36 bits per heavy atom. The molecule has 0 saturated carbocycles. The van der Waals surface area contributed by atoms with E-state index < -0.39 is 0 Å². The average Bonchev–Trinajstić information content (AvgIpc) is 1.94. The summed E-state index contributed by atoms with van der Waals surface area (Å²) in [7, 11) is 1.85. The number of piperidine rings is 1. The molecule has 0 aromatic heterocycles. The molecule has 0 aromatic rings. The smallest absolute Gasteiger partial charge is 0.234 e. The Balaban J connectivity index is 2.54. The van der Waals surface area contributed by atoms with Gasteiger partial charge in [-0.2, -0.15) is 0 Å². The van der Waals surface area contributed by atoms with Crippen molar-refractivity contribution in [3.63, 3.8) is 0 Å². The minimum Gasteiger partial charge on any atom is -0.393 e. The molecule has 11 heavy (non-hydrogen) atoms. The number of carbonyl (C=O) groups excluding carboxylic acids is 1. The summed E-state index contributed by atoms with van der Waals surface area (Å²) in [6.07, 6.45) is 0.857. The van der Waals surface area contributed by atoms with Crippen LogP contribution in [-0.4, -0.2) is 41.7 Å². The molecule has 0 aliphatic carbocycles. The van der Waals surface area contributed by atoms with Crippen LogP contribution in [0.5, 0.6) is 0 Å². The van der Waals surface area contributed by atoms with Gasteiger partial charge in [-0.1, -0.05) is 0 Å². The first kappa shape index (κ1) is 8.49. The number of nitrogens with zero attached hydrogens (tertiary/aromatic N) is 1. The van der Waals surface area contributed by atoms with E-state index in [0.29, 0.717) is 6.42 Å². The predicted octanol–water partition coefficient (Wildman–Crippen LogP) is -1.07. The number of carbonyl (C=O) groups is 1. The summed E-state index contributed by atoms with van der Waals surface area (Å²) in [6.45, 7) is 0.745. The van der Waals surface area contributed by atoms with Gasteiger partial charge in [0.15, 0.2) is 0 Å². The van der Waals surface area contributed by atoms with Crippen molar-refractivity contribution in [2.75, 3.05) is 13.6 Å². The Morgan fingerprint density at radius 3 is 2.82 bits per heavy atom. The van der Waals surface area contributed by atoms with Gasteiger partial charge in [0.25, 0.3) is 0 Å². The average molecular weight is 158 g/mol. The van der Waals surface area contributed by atoms with Crippen molar-refractivity contribution < 1.29 is 9.90 Å². The van der Waals surface area contributed by atoms with Crippen molar-refractivity contribution in [1.29, 1.82) is 0 Å². The molecule has 4 heteroatoms. The van der Waals surface area contributed by atoms with Crippen LogP contribution in [0.1, 0.15) is 12.8 Å². The molecule has 1 saturated heterocycles. The monoisotopic (exact) mass is 158 g/mol. The summed E-state index contributed by atoms with van der Waals surface area (Å²) in [4.78, 5) is 12.7. The summed E-state index contributed by atoms with van der Waals surface area (Å²) >= 11 is 0. The van der Waals surface area contributed by atoms with Crippen molar-refractivity contribution in [2.24, 2.45) is 5.73 Å². The lowest BCUT2D eigenvalue weighted by Gasteiger charge is -2.32. The Labute approximate surface area is 66.0 Å². The number of likely N-dealkylation sites (tertiary alicyclic amines) is 1. The third-order valence-electron chi connectivity index (χ3n) is 2.17. The molecule has 1 aliphatic heterocycles. The summed E-state index contributed by atoms with van der Waals surface area (Å²) < 4.78 is 0. The highest BCUT2D eigenvalue weighted by molar-refractivity contribution is 5.79. The van der Waals surface area contributed by atoms with E-state index in [4.69, 9.17) is 5.73 Å². The molecule has 1 aliphatic rings. The van der Waals surface area contributed by atoms with E-state index in [1.807, 2.05) is 11.9 Å². The fourth-order valence-corrected chi connectivity index (χ4v) is 1.40. The number of aliphatic hydroxyl groups excluding tert-OH is 1. The fourth-order valence-electron chi connectivity index (χ4n) is 1.40. The normalized spacial score (nSPS) is 33.6. The van der Waals surface area contributed by atoms with Gasteiger partial charge in [0.2, 0.25) is 5.91 Å². The maximum absolute atomic E-state index is 10.8. The first-order chi connectivity index (χ1) is 5.11. The molecule has 2 atom stereocenters. The van der Waals surface area contributed by atoms with Gasteiger partial charge >= 0.3 is 0 Å². The molecule has 1 amide bonds. The van der Waals surface area contributed by atoms with Crippen LogP contribution in [0.3, 0.4) is 0 Å². The molecular formula is C7H14N2O2. The van der Waals surface area contributed by atoms with E-state index in [1.54, 1.807) is 0 Å². The summed E-state index contributed by atoms with van der Waals surface area (Å²) in [5.41, 5.74) is 5.13. The highest BCUT2D eigenvalue weighted by atomic mass is 16.3. The number of hydrogen-bond acceptors (Lipinski definition) is 3. The second kappa shape index (κ2) is 3.19. The zero-order chi connectivity index (χ0) is 8.43. The van der Waals surface area contributed by atoms with Crippen molar-refractivity contribution in [3.8, 4) is 0 Å². The van der Waals surface area contributed by atoms with E-state index >= 15 is 0 Å². The van der Waals surface area contributed by atoms with Crippen LogP contribution in [0.15, 0.2) is 0 Å². The molecule has 3 N–H and O–H groups in total. The Kier molecular flexibility index (Phi) is 2.46. The molecule has 1 fully saturated rings. The number of primary amides is 1. The second-order valence-electron chi connectivity index (χ2n) is 3.08. The zero-order valence-corrected chi connectivity index (χ0v) is 6.66. The number of nitrogens with two attached hydrogens (primary N) is 1. The first-order valence-corrected chi connectivity index (χ1v) is 3.79. The van der Waals surface area contributed by atoms with E-state index in [9.17, 15) is 9.90 Å². The summed E-state index contributed by atoms with van der Waals surface area (Å²) in [5, 5.41) is 9.21. The van der Waals surface area contributed by atoms with Gasteiger partial charge < -0.3 is 10.8 Å². The van der Waals surface area contributed by atoms with E-state index in [0.717, 1.165) is 13.0 Å². The van der Waals surface area contributed by atoms with Crippen molar-refractivity contribution >= 4 is 5.91 Å². The largest absolute Gasteiger partial charge is 0.393 e. The van der Waals surface area contributed by atoms with Crippen LogP contribution < -0.4 is 5.73 Å². The van der Waals surface area contributed by atoms with Gasteiger partial charge in [-0.15, -0.1) is 0 Å². The molecule has 1 rings (SSSR count). The molecule has 0 radical (unpaired) electrons. The SMILES string of the molecule is CN1CCC(O)CC1C(N)=O. The van der Waals surface area contributed by atoms with Gasteiger partial charge in [0.1, 0.15) is 0 Å². The summed E-state index contributed by atoms with van der Waals surface area (Å²) in [6, 6.07) is -0.279. The number of likely N-dealkylation sites (N-methyl/N-ethyl adjacent to an activating group) is 1. The van der Waals surface area contributed by atoms with E-state index in [2.05, 4.69) is 0 Å². The molecule has 64 valence electrons.